The lowest BCUT2D eigenvalue weighted by atomic mass is 9.94. The summed E-state index contributed by atoms with van der Waals surface area (Å²) < 4.78 is -0.421. The van der Waals surface area contributed by atoms with Crippen molar-refractivity contribution in [3.8, 4) is 0 Å². The average Bonchev–Trinajstić information content (AvgIpc) is 2.67. The molecule has 0 bridgehead atoms. The molecule has 0 fully saturated rings. The van der Waals surface area contributed by atoms with Gasteiger partial charge >= 0.3 is 17.9 Å². The molecule has 3 unspecified atom stereocenters. The molecule has 0 aromatic heterocycles. The number of quaternary nitrogens is 1. The maximum Gasteiger partial charge on any atom is 0.362 e. The van der Waals surface area contributed by atoms with E-state index in [-0.39, 0.29) is 25.8 Å². The second-order valence-electron chi connectivity index (χ2n) is 7.97. The number of hydrogen-bond donors (Lipinski definition) is 3. The van der Waals surface area contributed by atoms with E-state index in [1.165, 1.54) is 6.42 Å². The third-order valence-electron chi connectivity index (χ3n) is 6.06. The lowest BCUT2D eigenvalue weighted by Crippen LogP contribution is -2.72. The molecule has 3 atom stereocenters. The highest BCUT2D eigenvalue weighted by atomic mass is 16.4. The molecule has 0 aromatic rings. The number of rotatable bonds is 18. The molecule has 30 heavy (non-hydrogen) atoms. The number of carbonyl (C=O) groups is 3. The summed E-state index contributed by atoms with van der Waals surface area (Å²) >= 11 is 0. The van der Waals surface area contributed by atoms with E-state index in [2.05, 4.69) is 19.1 Å². The summed E-state index contributed by atoms with van der Waals surface area (Å²) in [6, 6.07) is -3.21. The van der Waals surface area contributed by atoms with Gasteiger partial charge in [-0.15, -0.1) is 0 Å². The van der Waals surface area contributed by atoms with Crippen LogP contribution >= 0.6 is 0 Å². The van der Waals surface area contributed by atoms with Gasteiger partial charge in [0.2, 0.25) is 0 Å². The molecule has 7 heteroatoms. The van der Waals surface area contributed by atoms with Gasteiger partial charge in [0.05, 0.1) is 6.54 Å². The van der Waals surface area contributed by atoms with Crippen molar-refractivity contribution in [2.75, 3.05) is 6.54 Å². The van der Waals surface area contributed by atoms with Crippen molar-refractivity contribution in [2.24, 2.45) is 0 Å². The molecule has 0 aliphatic carbocycles. The maximum absolute atomic E-state index is 12.1. The second-order valence-corrected chi connectivity index (χ2v) is 7.97. The molecule has 7 nitrogen and oxygen atoms in total. The van der Waals surface area contributed by atoms with Gasteiger partial charge in [-0.25, -0.2) is 14.4 Å². The Morgan fingerprint density at radius 3 is 1.40 bits per heavy atom. The van der Waals surface area contributed by atoms with E-state index < -0.39 is 40.5 Å². The normalized spacial score (nSPS) is 16.7. The molecule has 0 saturated carbocycles. The lowest BCUT2D eigenvalue weighted by Gasteiger charge is -2.49. The van der Waals surface area contributed by atoms with Crippen molar-refractivity contribution in [2.45, 2.75) is 110 Å². The Labute approximate surface area is 181 Å². The van der Waals surface area contributed by atoms with E-state index in [1.54, 1.807) is 20.8 Å². The van der Waals surface area contributed by atoms with Gasteiger partial charge in [-0.05, 0) is 32.1 Å². The summed E-state index contributed by atoms with van der Waals surface area (Å²) in [7, 11) is 0. The predicted molar refractivity (Wildman–Crippen MR) is 117 cm³/mol. The highest BCUT2D eigenvalue weighted by Crippen LogP contribution is 2.32. The van der Waals surface area contributed by atoms with Crippen LogP contribution in [0.2, 0.25) is 0 Å². The molecule has 0 amide bonds. The standard InChI is InChI=1S/C23H41NO6/c1-5-9-10-11-12-13-14-15-16-17-24(18(6-2)21(25)26,19(7-3)22(27)28)20(8-4)23(29)30/h11-12,18-20H,5-10,13-17H2,1-4H3,(H2-,25,26,27,28,29,30)/p+1/b12-11+. The molecule has 0 radical (unpaired) electrons. The quantitative estimate of drug-likeness (QED) is 0.166. The molecule has 0 aliphatic rings. The number of carboxylic acids is 3. The van der Waals surface area contributed by atoms with E-state index in [0.29, 0.717) is 6.42 Å². The Bertz CT molecular complexity index is 505. The summed E-state index contributed by atoms with van der Waals surface area (Å²) in [5.74, 6) is -3.39. The first kappa shape index (κ1) is 28.1. The third kappa shape index (κ3) is 7.74. The smallest absolute Gasteiger partial charge is 0.362 e. The van der Waals surface area contributed by atoms with Gasteiger partial charge in [0, 0.05) is 19.3 Å². The number of unbranched alkanes of at least 4 members (excludes halogenated alkanes) is 5. The Kier molecular flexibility index (Phi) is 14.0. The summed E-state index contributed by atoms with van der Waals surface area (Å²) in [6.45, 7) is 7.46. The van der Waals surface area contributed by atoms with Gasteiger partial charge in [-0.3, -0.25) is 4.48 Å². The van der Waals surface area contributed by atoms with Crippen LogP contribution in [0.4, 0.5) is 0 Å². The van der Waals surface area contributed by atoms with Gasteiger partial charge < -0.3 is 15.3 Å². The highest BCUT2D eigenvalue weighted by Gasteiger charge is 2.55. The van der Waals surface area contributed by atoms with Crippen LogP contribution in [-0.2, 0) is 14.4 Å². The monoisotopic (exact) mass is 428 g/mol. The van der Waals surface area contributed by atoms with Gasteiger partial charge in [0.25, 0.3) is 0 Å². The van der Waals surface area contributed by atoms with Crippen LogP contribution in [0.3, 0.4) is 0 Å². The van der Waals surface area contributed by atoms with Crippen molar-refractivity contribution >= 4 is 17.9 Å². The molecule has 174 valence electrons. The van der Waals surface area contributed by atoms with E-state index in [1.807, 2.05) is 0 Å². The zero-order chi connectivity index (χ0) is 23.2. The fourth-order valence-electron chi connectivity index (χ4n) is 4.66. The summed E-state index contributed by atoms with van der Waals surface area (Å²) in [5, 5.41) is 29.7. The number of aliphatic carboxylic acids is 3. The highest BCUT2D eigenvalue weighted by molar-refractivity contribution is 5.78. The fourth-order valence-corrected chi connectivity index (χ4v) is 4.66. The van der Waals surface area contributed by atoms with E-state index in [9.17, 15) is 29.7 Å². The van der Waals surface area contributed by atoms with Crippen LogP contribution in [0, 0.1) is 0 Å². The molecule has 0 aromatic carbocycles. The number of allylic oxidation sites excluding steroid dienone is 2. The molecule has 0 spiro atoms. The van der Waals surface area contributed by atoms with Gasteiger partial charge in [0.15, 0.2) is 18.1 Å². The second kappa shape index (κ2) is 15.0. The Balaban J connectivity index is 5.68. The zero-order valence-corrected chi connectivity index (χ0v) is 19.2. The first-order chi connectivity index (χ1) is 14.2. The first-order valence-corrected chi connectivity index (χ1v) is 11.4. The van der Waals surface area contributed by atoms with Gasteiger partial charge in [0.1, 0.15) is 0 Å². The summed E-state index contributed by atoms with van der Waals surface area (Å²) in [4.78, 5) is 36.3. The van der Waals surface area contributed by atoms with Gasteiger partial charge in [-0.2, -0.15) is 0 Å². The Morgan fingerprint density at radius 2 is 1.07 bits per heavy atom. The summed E-state index contributed by atoms with van der Waals surface area (Å²) in [5.41, 5.74) is 0. The molecule has 0 heterocycles. The molecular weight excluding hydrogens is 386 g/mol. The summed E-state index contributed by atoms with van der Waals surface area (Å²) in [6.07, 6.45) is 11.5. The number of carboxylic acid groups (broad SMARTS) is 3. The SMILES string of the molecule is CCCC/C=C/CCCCC[N+](C(CC)C(=O)O)(C(CC)C(=O)O)C(CC)C(=O)O. The predicted octanol–water partition coefficient (Wildman–Crippen LogP) is 4.70. The Hall–Kier alpha value is -1.89. The lowest BCUT2D eigenvalue weighted by molar-refractivity contribution is -0.973. The van der Waals surface area contributed by atoms with Crippen molar-refractivity contribution < 1.29 is 34.2 Å². The van der Waals surface area contributed by atoms with Crippen molar-refractivity contribution in [1.82, 2.24) is 0 Å². The first-order valence-electron chi connectivity index (χ1n) is 11.4. The molecule has 3 N–H and O–H groups in total. The average molecular weight is 429 g/mol. The largest absolute Gasteiger partial charge is 0.477 e. The third-order valence-corrected chi connectivity index (χ3v) is 6.06. The molecule has 0 rings (SSSR count). The minimum Gasteiger partial charge on any atom is -0.477 e. The van der Waals surface area contributed by atoms with Gasteiger partial charge in [-0.1, -0.05) is 52.7 Å². The minimum atomic E-state index is -1.13. The van der Waals surface area contributed by atoms with Crippen LogP contribution in [-0.4, -0.2) is 62.4 Å². The molecule has 0 saturated heterocycles. The Morgan fingerprint density at radius 1 is 0.667 bits per heavy atom. The van der Waals surface area contributed by atoms with Crippen molar-refractivity contribution in [3.05, 3.63) is 12.2 Å². The van der Waals surface area contributed by atoms with E-state index in [4.69, 9.17) is 0 Å². The minimum absolute atomic E-state index is 0.184. The van der Waals surface area contributed by atoms with E-state index >= 15 is 0 Å². The molecule has 0 aliphatic heterocycles. The number of nitrogens with zero attached hydrogens (tertiary/aromatic N) is 1. The molecular formula is C23H42NO6+. The van der Waals surface area contributed by atoms with Crippen LogP contribution in [0.25, 0.3) is 0 Å². The van der Waals surface area contributed by atoms with Crippen LogP contribution in [0.15, 0.2) is 12.2 Å². The fraction of sp³-hybridized carbons (Fsp3) is 0.783. The van der Waals surface area contributed by atoms with Crippen molar-refractivity contribution in [3.63, 3.8) is 0 Å². The maximum atomic E-state index is 12.1. The number of hydrogen-bond acceptors (Lipinski definition) is 3. The van der Waals surface area contributed by atoms with Crippen LogP contribution < -0.4 is 0 Å². The van der Waals surface area contributed by atoms with E-state index in [0.717, 1.165) is 32.1 Å². The topological polar surface area (TPSA) is 112 Å². The zero-order valence-electron chi connectivity index (χ0n) is 19.2. The van der Waals surface area contributed by atoms with Crippen LogP contribution in [0.1, 0.15) is 91.9 Å². The van der Waals surface area contributed by atoms with Crippen LogP contribution in [0.5, 0.6) is 0 Å². The van der Waals surface area contributed by atoms with Crippen molar-refractivity contribution in [1.29, 1.82) is 0 Å².